The monoisotopic (exact) mass is 475 g/mol. The highest BCUT2D eigenvalue weighted by Crippen LogP contribution is 2.39. The zero-order valence-corrected chi connectivity index (χ0v) is 19.0. The summed E-state index contributed by atoms with van der Waals surface area (Å²) in [5, 5.41) is 6.76. The molecular weight excluding hydrogens is 447 g/mol. The highest BCUT2D eigenvalue weighted by atomic mass is 19.4. The Labute approximate surface area is 196 Å². The van der Waals surface area contributed by atoms with Crippen LogP contribution in [0.5, 0.6) is 0 Å². The third-order valence-corrected chi connectivity index (χ3v) is 6.30. The Hall–Kier alpha value is -3.07. The summed E-state index contributed by atoms with van der Waals surface area (Å²) in [5.74, 6) is -0.303. The number of nitrogens with one attached hydrogen (secondary N) is 2. The zero-order chi connectivity index (χ0) is 24.3. The Morgan fingerprint density at radius 1 is 1.18 bits per heavy atom. The fourth-order valence-corrected chi connectivity index (χ4v) is 4.59. The van der Waals surface area contributed by atoms with Crippen LogP contribution in [-0.4, -0.2) is 44.2 Å². The summed E-state index contributed by atoms with van der Waals surface area (Å²) >= 11 is 0. The van der Waals surface area contributed by atoms with Gasteiger partial charge in [0.05, 0.1) is 23.5 Å². The van der Waals surface area contributed by atoms with E-state index in [4.69, 9.17) is 4.74 Å². The lowest BCUT2D eigenvalue weighted by Crippen LogP contribution is -2.38. The molecule has 9 heteroatoms. The van der Waals surface area contributed by atoms with Gasteiger partial charge < -0.3 is 20.3 Å². The van der Waals surface area contributed by atoms with Crippen molar-refractivity contribution in [3.05, 3.63) is 59.2 Å². The Balaban J connectivity index is 1.52. The molecular formula is C25H28F3N3O3. The van der Waals surface area contributed by atoms with Crippen LogP contribution in [0.25, 0.3) is 0 Å². The van der Waals surface area contributed by atoms with Gasteiger partial charge in [-0.3, -0.25) is 9.59 Å². The number of nitrogens with zero attached hydrogens (tertiary/aromatic N) is 1. The van der Waals surface area contributed by atoms with Gasteiger partial charge in [-0.15, -0.1) is 0 Å². The largest absolute Gasteiger partial charge is 0.466 e. The lowest BCUT2D eigenvalue weighted by Gasteiger charge is -2.26. The van der Waals surface area contributed by atoms with E-state index in [2.05, 4.69) is 22.8 Å². The molecule has 2 N–H and O–H groups in total. The number of carbonyl (C=O) groups is 2. The molecule has 0 amide bonds. The summed E-state index contributed by atoms with van der Waals surface area (Å²) in [6.45, 7) is 4.02. The number of carbonyl (C=O) groups excluding carboxylic acids is 2. The molecule has 0 radical (unpaired) electrons. The van der Waals surface area contributed by atoms with Crippen molar-refractivity contribution in [2.45, 2.75) is 44.4 Å². The van der Waals surface area contributed by atoms with Crippen LogP contribution < -0.4 is 15.5 Å². The van der Waals surface area contributed by atoms with Crippen molar-refractivity contribution in [3.8, 4) is 0 Å². The van der Waals surface area contributed by atoms with Gasteiger partial charge in [0.2, 0.25) is 0 Å². The van der Waals surface area contributed by atoms with Gasteiger partial charge in [0.1, 0.15) is 6.17 Å². The third kappa shape index (κ3) is 5.52. The number of alkyl halides is 3. The smallest absolute Gasteiger partial charge is 0.416 e. The molecule has 1 fully saturated rings. The Bertz CT molecular complexity index is 1050. The maximum atomic E-state index is 13.1. The van der Waals surface area contributed by atoms with Crippen LogP contribution in [0.1, 0.15) is 53.6 Å². The second-order valence-electron chi connectivity index (χ2n) is 8.72. The number of hydrogen-bond acceptors (Lipinski definition) is 6. The number of ketones is 1. The quantitative estimate of drug-likeness (QED) is 0.331. The maximum absolute atomic E-state index is 13.1. The minimum atomic E-state index is -4.51. The molecule has 2 heterocycles. The normalized spacial score (nSPS) is 19.6. The van der Waals surface area contributed by atoms with Crippen molar-refractivity contribution in [2.24, 2.45) is 0 Å². The molecule has 2 aliphatic rings. The van der Waals surface area contributed by atoms with Gasteiger partial charge in [0.15, 0.2) is 5.78 Å². The van der Waals surface area contributed by atoms with E-state index in [-0.39, 0.29) is 30.3 Å². The number of Topliss-reactive ketones (excluding diaryl/α,β-unsaturated/α-hetero) is 1. The molecule has 4 rings (SSSR count). The first kappa shape index (κ1) is 24.1. The minimum Gasteiger partial charge on any atom is -0.466 e. The van der Waals surface area contributed by atoms with Crippen LogP contribution >= 0.6 is 0 Å². The van der Waals surface area contributed by atoms with Crippen LogP contribution in [0.3, 0.4) is 0 Å². The van der Waals surface area contributed by atoms with Gasteiger partial charge in [-0.2, -0.15) is 13.2 Å². The Morgan fingerprint density at radius 2 is 2.00 bits per heavy atom. The highest BCUT2D eigenvalue weighted by Gasteiger charge is 2.33. The van der Waals surface area contributed by atoms with Crippen molar-refractivity contribution in [2.75, 3.05) is 36.5 Å². The van der Waals surface area contributed by atoms with Gasteiger partial charge in [-0.1, -0.05) is 18.2 Å². The summed E-state index contributed by atoms with van der Waals surface area (Å²) in [6.07, 6.45) is -3.30. The topological polar surface area (TPSA) is 70.7 Å². The van der Waals surface area contributed by atoms with Crippen molar-refractivity contribution in [1.29, 1.82) is 0 Å². The number of benzene rings is 2. The van der Waals surface area contributed by atoms with Crippen LogP contribution in [0.2, 0.25) is 0 Å². The highest BCUT2D eigenvalue weighted by molar-refractivity contribution is 5.97. The number of halogens is 3. The number of fused-ring (bicyclic) bond motifs is 1. The van der Waals surface area contributed by atoms with Crippen molar-refractivity contribution < 1.29 is 27.5 Å². The summed E-state index contributed by atoms with van der Waals surface area (Å²) in [5.41, 5.74) is 2.23. The van der Waals surface area contributed by atoms with Gasteiger partial charge in [0.25, 0.3) is 0 Å². The summed E-state index contributed by atoms with van der Waals surface area (Å²) in [7, 11) is 0. The van der Waals surface area contributed by atoms with Crippen molar-refractivity contribution in [3.63, 3.8) is 0 Å². The number of anilines is 2. The van der Waals surface area contributed by atoms with E-state index >= 15 is 0 Å². The Kier molecular flexibility index (Phi) is 7.11. The number of ether oxygens (including phenoxy) is 1. The van der Waals surface area contributed by atoms with E-state index in [0.29, 0.717) is 18.9 Å². The molecule has 1 saturated heterocycles. The molecule has 0 aromatic heterocycles. The average molecular weight is 476 g/mol. The first-order valence-corrected chi connectivity index (χ1v) is 11.4. The lowest BCUT2D eigenvalue weighted by atomic mass is 9.97. The van der Waals surface area contributed by atoms with Gasteiger partial charge in [-0.05, 0) is 55.1 Å². The molecule has 0 bridgehead atoms. The lowest BCUT2D eigenvalue weighted by molar-refractivity contribution is -0.141. The van der Waals surface area contributed by atoms with Gasteiger partial charge in [-0.25, -0.2) is 0 Å². The van der Waals surface area contributed by atoms with E-state index in [1.165, 1.54) is 24.6 Å². The number of esters is 1. The fourth-order valence-electron chi connectivity index (χ4n) is 4.59. The fraction of sp³-hybridized carbons (Fsp3) is 0.440. The van der Waals surface area contributed by atoms with Gasteiger partial charge in [0, 0.05) is 32.0 Å². The summed E-state index contributed by atoms with van der Waals surface area (Å²) in [6, 6.07) is 10.7. The molecule has 0 saturated carbocycles. The van der Waals surface area contributed by atoms with Gasteiger partial charge >= 0.3 is 12.1 Å². The van der Waals surface area contributed by atoms with Crippen LogP contribution in [0.4, 0.5) is 24.5 Å². The molecule has 0 spiro atoms. The average Bonchev–Trinajstić information content (AvgIpc) is 3.44. The molecule has 2 unspecified atom stereocenters. The first-order valence-electron chi connectivity index (χ1n) is 11.4. The number of rotatable bonds is 8. The Morgan fingerprint density at radius 3 is 2.71 bits per heavy atom. The van der Waals surface area contributed by atoms with E-state index in [1.54, 1.807) is 0 Å². The van der Waals surface area contributed by atoms with Crippen LogP contribution in [0, 0.1) is 0 Å². The zero-order valence-electron chi connectivity index (χ0n) is 19.0. The van der Waals surface area contributed by atoms with E-state index < -0.39 is 17.9 Å². The first-order chi connectivity index (χ1) is 16.2. The SMILES string of the molecule is CC(=O)OCCCN1c2ccc(C3CCNC3)cc2NC1CC(=O)c1cccc(C(F)(F)F)c1. The molecule has 2 aliphatic heterocycles. The molecule has 2 aromatic carbocycles. The van der Waals surface area contributed by atoms with E-state index in [9.17, 15) is 22.8 Å². The molecule has 182 valence electrons. The van der Waals surface area contributed by atoms with Crippen molar-refractivity contribution >= 4 is 23.1 Å². The molecule has 34 heavy (non-hydrogen) atoms. The predicted octanol–water partition coefficient (Wildman–Crippen LogP) is 4.57. The third-order valence-electron chi connectivity index (χ3n) is 6.30. The molecule has 2 atom stereocenters. The molecule has 0 aliphatic carbocycles. The van der Waals surface area contributed by atoms with E-state index in [0.717, 1.165) is 43.0 Å². The number of hydrogen-bond donors (Lipinski definition) is 2. The van der Waals surface area contributed by atoms with E-state index in [1.807, 2.05) is 11.0 Å². The van der Waals surface area contributed by atoms with Crippen LogP contribution in [0.15, 0.2) is 42.5 Å². The molecule has 6 nitrogen and oxygen atoms in total. The summed E-state index contributed by atoms with van der Waals surface area (Å²) < 4.78 is 44.3. The molecule has 2 aromatic rings. The minimum absolute atomic E-state index is 0.00384. The second kappa shape index (κ2) is 10.0. The second-order valence-corrected chi connectivity index (χ2v) is 8.72. The van der Waals surface area contributed by atoms with Crippen molar-refractivity contribution in [1.82, 2.24) is 5.32 Å². The predicted molar refractivity (Wildman–Crippen MR) is 123 cm³/mol. The van der Waals surface area contributed by atoms with Crippen LogP contribution in [-0.2, 0) is 15.7 Å². The summed E-state index contributed by atoms with van der Waals surface area (Å²) in [4.78, 5) is 26.1. The standard InChI is InChI=1S/C25H28F3N3O3/c1-16(32)34-11-3-10-31-22-7-6-17(19-8-9-29-15-19)13-21(22)30-24(31)14-23(33)18-4-2-5-20(12-18)25(26,27)28/h2,4-7,12-13,19,24,29-30H,3,8-11,14-15H2,1H3. The maximum Gasteiger partial charge on any atom is 0.416 e.